The van der Waals surface area contributed by atoms with Crippen LogP contribution in [0.2, 0.25) is 10.0 Å². The maximum atomic E-state index is 12.1. The van der Waals surface area contributed by atoms with Crippen LogP contribution in [0, 0.1) is 0 Å². The molecule has 0 aromatic heterocycles. The molecule has 0 bridgehead atoms. The number of amides is 1. The predicted molar refractivity (Wildman–Crippen MR) is 78.5 cm³/mol. The quantitative estimate of drug-likeness (QED) is 0.761. The van der Waals surface area contributed by atoms with E-state index in [0.717, 1.165) is 12.8 Å². The lowest BCUT2D eigenvalue weighted by molar-refractivity contribution is 0.0927. The minimum atomic E-state index is -0.0989. The van der Waals surface area contributed by atoms with Crippen LogP contribution in [0.4, 0.5) is 0 Å². The largest absolute Gasteiger partial charge is 0.349 e. The Morgan fingerprint density at radius 2 is 1.72 bits per heavy atom. The van der Waals surface area contributed by atoms with Gasteiger partial charge in [-0.3, -0.25) is 4.79 Å². The number of benzene rings is 1. The van der Waals surface area contributed by atoms with Crippen LogP contribution in [0.15, 0.2) is 16.6 Å². The summed E-state index contributed by atoms with van der Waals surface area (Å²) >= 11 is 15.3. The summed E-state index contributed by atoms with van der Waals surface area (Å²) in [6, 6.07) is 3.55. The van der Waals surface area contributed by atoms with Crippen molar-refractivity contribution in [1.82, 2.24) is 5.32 Å². The van der Waals surface area contributed by atoms with Gasteiger partial charge in [0.25, 0.3) is 5.91 Å². The number of hydrogen-bond donors (Lipinski definition) is 1. The van der Waals surface area contributed by atoms with Crippen molar-refractivity contribution in [2.45, 2.75) is 38.1 Å². The molecule has 1 amide bonds. The van der Waals surface area contributed by atoms with Crippen LogP contribution in [-0.4, -0.2) is 11.9 Å². The smallest absolute Gasteiger partial charge is 0.251 e. The van der Waals surface area contributed by atoms with Crippen LogP contribution in [0.25, 0.3) is 0 Å². The van der Waals surface area contributed by atoms with E-state index in [0.29, 0.717) is 20.1 Å². The SMILES string of the molecule is O=C(NC1CCCCC1)c1cc(Cl)c(Br)c(Cl)c1. The Kier molecular flexibility index (Phi) is 4.93. The van der Waals surface area contributed by atoms with Crippen LogP contribution >= 0.6 is 39.1 Å². The molecular formula is C13H14BrCl2NO. The van der Waals surface area contributed by atoms with Gasteiger partial charge in [-0.1, -0.05) is 42.5 Å². The molecule has 1 aromatic carbocycles. The minimum Gasteiger partial charge on any atom is -0.349 e. The number of rotatable bonds is 2. The summed E-state index contributed by atoms with van der Waals surface area (Å²) in [5.74, 6) is -0.0989. The Balaban J connectivity index is 2.08. The molecule has 0 radical (unpaired) electrons. The third-order valence-corrected chi connectivity index (χ3v) is 5.09. The maximum Gasteiger partial charge on any atom is 0.251 e. The topological polar surface area (TPSA) is 29.1 Å². The molecule has 0 aliphatic heterocycles. The first kappa shape index (κ1) is 14.2. The van der Waals surface area contributed by atoms with E-state index in [2.05, 4.69) is 21.2 Å². The predicted octanol–water partition coefficient (Wildman–Crippen LogP) is 4.82. The Labute approximate surface area is 125 Å². The van der Waals surface area contributed by atoms with E-state index in [9.17, 15) is 4.79 Å². The standard InChI is InChI=1S/C13H14BrCl2NO/c14-12-10(15)6-8(7-11(12)16)13(18)17-9-4-2-1-3-5-9/h6-7,9H,1-5H2,(H,17,18). The summed E-state index contributed by atoms with van der Waals surface area (Å²) in [7, 11) is 0. The molecule has 1 aliphatic carbocycles. The zero-order chi connectivity index (χ0) is 13.1. The van der Waals surface area contributed by atoms with E-state index < -0.39 is 0 Å². The van der Waals surface area contributed by atoms with Crippen molar-refractivity contribution in [3.8, 4) is 0 Å². The second kappa shape index (κ2) is 6.27. The Morgan fingerprint density at radius 1 is 1.17 bits per heavy atom. The third-order valence-electron chi connectivity index (χ3n) is 3.19. The summed E-state index contributed by atoms with van der Waals surface area (Å²) in [6.45, 7) is 0. The first-order valence-corrected chi connectivity index (χ1v) is 7.58. The first-order valence-electron chi connectivity index (χ1n) is 6.03. The van der Waals surface area contributed by atoms with Gasteiger partial charge < -0.3 is 5.32 Å². The molecule has 5 heteroatoms. The summed E-state index contributed by atoms with van der Waals surface area (Å²) < 4.78 is 0.625. The molecule has 98 valence electrons. The fraction of sp³-hybridized carbons (Fsp3) is 0.462. The molecule has 0 heterocycles. The third kappa shape index (κ3) is 3.40. The molecule has 2 rings (SSSR count). The van der Waals surface area contributed by atoms with Crippen molar-refractivity contribution in [2.24, 2.45) is 0 Å². The van der Waals surface area contributed by atoms with Crippen LogP contribution in [-0.2, 0) is 0 Å². The first-order chi connectivity index (χ1) is 8.58. The van der Waals surface area contributed by atoms with Gasteiger partial charge in [0, 0.05) is 11.6 Å². The average molecular weight is 351 g/mol. The summed E-state index contributed by atoms with van der Waals surface area (Å²) in [4.78, 5) is 12.1. The second-order valence-electron chi connectivity index (χ2n) is 4.56. The highest BCUT2D eigenvalue weighted by Gasteiger charge is 2.18. The van der Waals surface area contributed by atoms with Gasteiger partial charge in [-0.15, -0.1) is 0 Å². The van der Waals surface area contributed by atoms with E-state index in [1.165, 1.54) is 19.3 Å². The Morgan fingerprint density at radius 3 is 2.28 bits per heavy atom. The van der Waals surface area contributed by atoms with Crippen molar-refractivity contribution < 1.29 is 4.79 Å². The van der Waals surface area contributed by atoms with Crippen LogP contribution in [0.1, 0.15) is 42.5 Å². The van der Waals surface area contributed by atoms with E-state index >= 15 is 0 Å². The highest BCUT2D eigenvalue weighted by molar-refractivity contribution is 9.10. The summed E-state index contributed by atoms with van der Waals surface area (Å²) in [5.41, 5.74) is 0.513. The van der Waals surface area contributed by atoms with Gasteiger partial charge in [0.15, 0.2) is 0 Å². The van der Waals surface area contributed by atoms with Gasteiger partial charge in [0.05, 0.1) is 14.5 Å². The van der Waals surface area contributed by atoms with Crippen molar-refractivity contribution in [3.05, 3.63) is 32.2 Å². The summed E-state index contributed by atoms with van der Waals surface area (Å²) in [6.07, 6.45) is 5.76. The van der Waals surface area contributed by atoms with Gasteiger partial charge in [-0.25, -0.2) is 0 Å². The van der Waals surface area contributed by atoms with Crippen LogP contribution in [0.3, 0.4) is 0 Å². The maximum absolute atomic E-state index is 12.1. The van der Waals surface area contributed by atoms with Gasteiger partial charge >= 0.3 is 0 Å². The fourth-order valence-electron chi connectivity index (χ4n) is 2.20. The lowest BCUT2D eigenvalue weighted by Gasteiger charge is -2.22. The average Bonchev–Trinajstić information content (AvgIpc) is 2.36. The number of carbonyl (C=O) groups excluding carboxylic acids is 1. The van der Waals surface area contributed by atoms with E-state index in [1.54, 1.807) is 12.1 Å². The zero-order valence-electron chi connectivity index (χ0n) is 9.81. The molecule has 1 aliphatic rings. The van der Waals surface area contributed by atoms with Crippen molar-refractivity contribution in [3.63, 3.8) is 0 Å². The minimum absolute atomic E-state index is 0.0989. The van der Waals surface area contributed by atoms with Crippen LogP contribution in [0.5, 0.6) is 0 Å². The molecule has 0 unspecified atom stereocenters. The highest BCUT2D eigenvalue weighted by Crippen LogP contribution is 2.31. The Hall–Kier alpha value is -0.250. The lowest BCUT2D eigenvalue weighted by Crippen LogP contribution is -2.36. The molecule has 0 spiro atoms. The molecule has 0 saturated heterocycles. The lowest BCUT2D eigenvalue weighted by atomic mass is 9.95. The molecule has 1 saturated carbocycles. The van der Waals surface area contributed by atoms with Crippen molar-refractivity contribution >= 4 is 45.0 Å². The fourth-order valence-corrected chi connectivity index (χ4v) is 2.92. The normalized spacial score (nSPS) is 16.6. The molecular weight excluding hydrogens is 337 g/mol. The van der Waals surface area contributed by atoms with E-state index in [1.807, 2.05) is 0 Å². The van der Waals surface area contributed by atoms with Crippen LogP contribution < -0.4 is 5.32 Å². The molecule has 1 N–H and O–H groups in total. The zero-order valence-corrected chi connectivity index (χ0v) is 12.9. The van der Waals surface area contributed by atoms with Gasteiger partial charge in [-0.05, 0) is 40.9 Å². The van der Waals surface area contributed by atoms with Gasteiger partial charge in [0.1, 0.15) is 0 Å². The summed E-state index contributed by atoms with van der Waals surface area (Å²) in [5, 5.41) is 3.95. The van der Waals surface area contributed by atoms with Gasteiger partial charge in [-0.2, -0.15) is 0 Å². The molecule has 0 atom stereocenters. The molecule has 1 aromatic rings. The van der Waals surface area contributed by atoms with E-state index in [-0.39, 0.29) is 11.9 Å². The van der Waals surface area contributed by atoms with Gasteiger partial charge in [0.2, 0.25) is 0 Å². The Bertz CT molecular complexity index is 435. The monoisotopic (exact) mass is 349 g/mol. The van der Waals surface area contributed by atoms with E-state index in [4.69, 9.17) is 23.2 Å². The number of halogens is 3. The molecule has 18 heavy (non-hydrogen) atoms. The number of carbonyl (C=O) groups is 1. The molecule has 1 fully saturated rings. The number of nitrogens with one attached hydrogen (secondary N) is 1. The highest BCUT2D eigenvalue weighted by atomic mass is 79.9. The second-order valence-corrected chi connectivity index (χ2v) is 6.17. The van der Waals surface area contributed by atoms with Crippen molar-refractivity contribution in [1.29, 1.82) is 0 Å². The number of hydrogen-bond acceptors (Lipinski definition) is 1. The molecule has 2 nitrogen and oxygen atoms in total. The van der Waals surface area contributed by atoms with Crippen molar-refractivity contribution in [2.75, 3.05) is 0 Å².